The number of fused-ring (bicyclic) bond motifs is 1. The van der Waals surface area contributed by atoms with E-state index in [2.05, 4.69) is 10.3 Å². The molecule has 2 aromatic carbocycles. The maximum atomic E-state index is 12.6. The van der Waals surface area contributed by atoms with E-state index in [4.69, 9.17) is 11.0 Å². The van der Waals surface area contributed by atoms with Gasteiger partial charge in [0.1, 0.15) is 0 Å². The van der Waals surface area contributed by atoms with Crippen LogP contribution in [-0.2, 0) is 10.0 Å². The quantitative estimate of drug-likeness (QED) is 0.711. The number of nitriles is 1. The zero-order valence-corrected chi connectivity index (χ0v) is 15.5. The molecule has 0 fully saturated rings. The normalized spacial score (nSPS) is 11.5. The molecule has 3 rings (SSSR count). The van der Waals surface area contributed by atoms with Crippen LogP contribution in [0.15, 0.2) is 42.5 Å². The zero-order valence-electron chi connectivity index (χ0n) is 14.7. The summed E-state index contributed by atoms with van der Waals surface area (Å²) < 4.78 is 26.1. The van der Waals surface area contributed by atoms with Gasteiger partial charge in [0.2, 0.25) is 16.0 Å². The number of imidazole rings is 1. The van der Waals surface area contributed by atoms with Crippen LogP contribution in [-0.4, -0.2) is 28.5 Å². The second-order valence-electron chi connectivity index (χ2n) is 6.17. The van der Waals surface area contributed by atoms with Gasteiger partial charge in [0.05, 0.1) is 27.9 Å². The number of nitrogens with one attached hydrogen (secondary N) is 1. The highest BCUT2D eigenvalue weighted by Crippen LogP contribution is 2.25. The van der Waals surface area contributed by atoms with Crippen molar-refractivity contribution in [3.05, 3.63) is 53.6 Å². The number of hydrogen-bond acceptors (Lipinski definition) is 6. The number of rotatable bonds is 4. The second-order valence-corrected chi connectivity index (χ2v) is 8.51. The summed E-state index contributed by atoms with van der Waals surface area (Å²) in [5.41, 5.74) is 7.73. The maximum absolute atomic E-state index is 12.6. The van der Waals surface area contributed by atoms with E-state index in [0.29, 0.717) is 27.8 Å². The van der Waals surface area contributed by atoms with Gasteiger partial charge in [-0.25, -0.2) is 17.4 Å². The molecule has 1 aromatic heterocycles. The lowest BCUT2D eigenvalue weighted by atomic mass is 10.1. The summed E-state index contributed by atoms with van der Waals surface area (Å²) in [5.74, 6) is -0.515. The van der Waals surface area contributed by atoms with Crippen LogP contribution in [0, 0.1) is 11.3 Å². The molecule has 8 nitrogen and oxygen atoms in total. The van der Waals surface area contributed by atoms with Gasteiger partial charge < -0.3 is 11.1 Å². The molecule has 0 saturated carbocycles. The Morgan fingerprint density at radius 3 is 2.48 bits per heavy atom. The van der Waals surface area contributed by atoms with Gasteiger partial charge in [0.25, 0.3) is 5.91 Å². The van der Waals surface area contributed by atoms with Crippen molar-refractivity contribution in [1.29, 1.82) is 5.26 Å². The first kappa shape index (κ1) is 18.4. The fourth-order valence-corrected chi connectivity index (χ4v) is 3.67. The van der Waals surface area contributed by atoms with Crippen molar-refractivity contribution < 1.29 is 13.2 Å². The molecule has 9 heteroatoms. The van der Waals surface area contributed by atoms with E-state index in [1.807, 2.05) is 6.07 Å². The first-order valence-corrected chi connectivity index (χ1v) is 9.58. The van der Waals surface area contributed by atoms with Gasteiger partial charge in [0, 0.05) is 11.3 Å². The van der Waals surface area contributed by atoms with Crippen LogP contribution < -0.4 is 11.1 Å². The summed E-state index contributed by atoms with van der Waals surface area (Å²) in [7, 11) is -3.71. The first-order chi connectivity index (χ1) is 12.7. The lowest BCUT2D eigenvalue weighted by molar-refractivity contribution is 0.102. The summed E-state index contributed by atoms with van der Waals surface area (Å²) >= 11 is 0. The Bertz CT molecular complexity index is 1170. The summed E-state index contributed by atoms with van der Waals surface area (Å²) in [6.45, 7) is 3.11. The lowest BCUT2D eigenvalue weighted by Crippen LogP contribution is -2.23. The number of hydrogen-bond donors (Lipinski definition) is 2. The Kier molecular flexibility index (Phi) is 4.59. The standard InChI is InChI=1S/C18H17N5O3S/c1-11(2)27(25,26)23-16-9-14(7-8-15(16)22-18(23)20)21-17(24)13-5-3-12(10-19)4-6-13/h3-9,11H,1-2H3,(H2,20,22)(H,21,24). The van der Waals surface area contributed by atoms with Crippen molar-refractivity contribution in [1.82, 2.24) is 8.96 Å². The van der Waals surface area contributed by atoms with Crippen LogP contribution in [0.25, 0.3) is 11.0 Å². The Morgan fingerprint density at radius 1 is 1.22 bits per heavy atom. The molecular weight excluding hydrogens is 366 g/mol. The van der Waals surface area contributed by atoms with Gasteiger partial charge in [-0.2, -0.15) is 5.26 Å². The van der Waals surface area contributed by atoms with E-state index in [1.54, 1.807) is 38.1 Å². The molecule has 0 bridgehead atoms. The van der Waals surface area contributed by atoms with E-state index in [9.17, 15) is 13.2 Å². The molecule has 0 aliphatic rings. The predicted octanol–water partition coefficient (Wildman–Crippen LogP) is 2.33. The third kappa shape index (κ3) is 3.35. The fourth-order valence-electron chi connectivity index (χ4n) is 2.53. The van der Waals surface area contributed by atoms with Crippen molar-refractivity contribution in [2.45, 2.75) is 19.1 Å². The van der Waals surface area contributed by atoms with E-state index < -0.39 is 15.3 Å². The van der Waals surface area contributed by atoms with Crippen molar-refractivity contribution in [3.8, 4) is 6.07 Å². The second kappa shape index (κ2) is 6.74. The van der Waals surface area contributed by atoms with Gasteiger partial charge in [-0.3, -0.25) is 4.79 Å². The SMILES string of the molecule is CC(C)S(=O)(=O)n1c(N)nc2ccc(NC(=O)c3ccc(C#N)cc3)cc21. The number of amides is 1. The number of nitrogens with zero attached hydrogens (tertiary/aromatic N) is 3. The summed E-state index contributed by atoms with van der Waals surface area (Å²) in [5, 5.41) is 10.8. The molecule has 27 heavy (non-hydrogen) atoms. The number of carbonyl (C=O) groups is 1. The Labute approximate surface area is 156 Å². The first-order valence-electron chi connectivity index (χ1n) is 8.08. The van der Waals surface area contributed by atoms with Crippen molar-refractivity contribution in [2.24, 2.45) is 0 Å². The highest BCUT2D eigenvalue weighted by molar-refractivity contribution is 7.90. The summed E-state index contributed by atoms with van der Waals surface area (Å²) in [4.78, 5) is 16.5. The molecule has 1 amide bonds. The van der Waals surface area contributed by atoms with Crippen molar-refractivity contribution in [3.63, 3.8) is 0 Å². The molecule has 0 atom stereocenters. The molecule has 3 aromatic rings. The topological polar surface area (TPSA) is 131 Å². The maximum Gasteiger partial charge on any atom is 0.255 e. The van der Waals surface area contributed by atoms with E-state index in [-0.39, 0.29) is 11.9 Å². The van der Waals surface area contributed by atoms with Crippen LogP contribution in [0.3, 0.4) is 0 Å². The third-order valence-electron chi connectivity index (χ3n) is 4.02. The molecular formula is C18H17N5O3S. The molecule has 0 aliphatic carbocycles. The number of nitrogen functional groups attached to an aromatic ring is 1. The fraction of sp³-hybridized carbons (Fsp3) is 0.167. The molecule has 0 spiro atoms. The Hall–Kier alpha value is -3.38. The van der Waals surface area contributed by atoms with Crippen LogP contribution in [0.4, 0.5) is 11.6 Å². The molecule has 0 radical (unpaired) electrons. The number of nitrogens with two attached hydrogens (primary N) is 1. The molecule has 0 saturated heterocycles. The predicted molar refractivity (Wildman–Crippen MR) is 103 cm³/mol. The van der Waals surface area contributed by atoms with Gasteiger partial charge in [-0.05, 0) is 56.3 Å². The third-order valence-corrected chi connectivity index (χ3v) is 6.11. The van der Waals surface area contributed by atoms with Crippen LogP contribution >= 0.6 is 0 Å². The van der Waals surface area contributed by atoms with E-state index >= 15 is 0 Å². The highest BCUT2D eigenvalue weighted by atomic mass is 32.2. The lowest BCUT2D eigenvalue weighted by Gasteiger charge is -2.12. The van der Waals surface area contributed by atoms with Crippen molar-refractivity contribution in [2.75, 3.05) is 11.1 Å². The Balaban J connectivity index is 1.99. The van der Waals surface area contributed by atoms with Gasteiger partial charge in [0.15, 0.2) is 0 Å². The minimum Gasteiger partial charge on any atom is -0.368 e. The number of anilines is 2. The van der Waals surface area contributed by atoms with Crippen molar-refractivity contribution >= 4 is 38.6 Å². The molecule has 0 aliphatic heterocycles. The van der Waals surface area contributed by atoms with Gasteiger partial charge >= 0.3 is 0 Å². The van der Waals surface area contributed by atoms with Gasteiger partial charge in [-0.1, -0.05) is 0 Å². The number of carbonyl (C=O) groups excluding carboxylic acids is 1. The summed E-state index contributed by atoms with van der Waals surface area (Å²) in [6, 6.07) is 12.9. The van der Waals surface area contributed by atoms with Crippen LogP contribution in [0.1, 0.15) is 29.8 Å². The van der Waals surface area contributed by atoms with Crippen LogP contribution in [0.5, 0.6) is 0 Å². The van der Waals surface area contributed by atoms with Gasteiger partial charge in [-0.15, -0.1) is 0 Å². The smallest absolute Gasteiger partial charge is 0.255 e. The minimum atomic E-state index is -3.71. The molecule has 1 heterocycles. The monoisotopic (exact) mass is 383 g/mol. The Morgan fingerprint density at radius 2 is 1.89 bits per heavy atom. The van der Waals surface area contributed by atoms with Crippen LogP contribution in [0.2, 0.25) is 0 Å². The molecule has 0 unspecified atom stereocenters. The van der Waals surface area contributed by atoms with E-state index in [1.165, 1.54) is 18.2 Å². The average Bonchev–Trinajstić information content (AvgIpc) is 2.97. The largest absolute Gasteiger partial charge is 0.368 e. The van der Waals surface area contributed by atoms with E-state index in [0.717, 1.165) is 3.97 Å². The summed E-state index contributed by atoms with van der Waals surface area (Å²) in [6.07, 6.45) is 0. The highest BCUT2D eigenvalue weighted by Gasteiger charge is 2.24. The zero-order chi connectivity index (χ0) is 19.8. The molecule has 3 N–H and O–H groups in total. The minimum absolute atomic E-state index is 0.130. The molecule has 138 valence electrons. The number of benzene rings is 2. The number of aromatic nitrogens is 2. The average molecular weight is 383 g/mol.